The van der Waals surface area contributed by atoms with Crippen LogP contribution in [-0.2, 0) is 4.74 Å². The number of aromatic nitrogens is 1. The van der Waals surface area contributed by atoms with Gasteiger partial charge in [0.1, 0.15) is 12.7 Å². The predicted molar refractivity (Wildman–Crippen MR) is 93.7 cm³/mol. The van der Waals surface area contributed by atoms with E-state index >= 15 is 0 Å². The molecular weight excluding hydrogens is 343 g/mol. The highest BCUT2D eigenvalue weighted by Gasteiger charge is 2.17. The fourth-order valence-electron chi connectivity index (χ4n) is 2.41. The third-order valence-corrected chi connectivity index (χ3v) is 3.51. The molecule has 7 nitrogen and oxygen atoms in total. The smallest absolute Gasteiger partial charge is 0.261 e. The van der Waals surface area contributed by atoms with Gasteiger partial charge < -0.3 is 25.7 Å². The zero-order valence-electron chi connectivity index (χ0n) is 12.8. The number of nitrogen functional groups attached to an aromatic ring is 1. The van der Waals surface area contributed by atoms with Crippen LogP contribution in [0.3, 0.4) is 0 Å². The first-order valence-corrected chi connectivity index (χ1v) is 7.16. The summed E-state index contributed by atoms with van der Waals surface area (Å²) in [4.78, 5) is 6.13. The third kappa shape index (κ3) is 6.78. The van der Waals surface area contributed by atoms with Crippen molar-refractivity contribution in [2.24, 2.45) is 5.16 Å². The monoisotopic (exact) mass is 366 g/mol. The Labute approximate surface area is 148 Å². The molecule has 0 saturated carbocycles. The summed E-state index contributed by atoms with van der Waals surface area (Å²) < 4.78 is 5.36. The molecule has 4 N–H and O–H groups in total. The molecule has 132 valence electrons. The molecule has 1 aliphatic rings. The van der Waals surface area contributed by atoms with Gasteiger partial charge in [-0.1, -0.05) is 6.42 Å². The lowest BCUT2D eigenvalue weighted by Crippen LogP contribution is -2.38. The number of likely N-dealkylation sites (tertiary alicyclic amines) is 1. The van der Waals surface area contributed by atoms with E-state index in [0.717, 1.165) is 13.1 Å². The first kappa shape index (κ1) is 21.7. The van der Waals surface area contributed by atoms with E-state index in [1.165, 1.54) is 25.5 Å². The zero-order valence-corrected chi connectivity index (χ0v) is 14.4. The number of hydrogen-bond acceptors (Lipinski definition) is 7. The third-order valence-electron chi connectivity index (χ3n) is 3.51. The number of ether oxygens (including phenoxy) is 1. The van der Waals surface area contributed by atoms with Crippen LogP contribution in [0.25, 0.3) is 0 Å². The minimum atomic E-state index is -0.641. The molecule has 0 radical (unpaired) electrons. The van der Waals surface area contributed by atoms with Gasteiger partial charge in [0, 0.05) is 24.6 Å². The standard InChI is InChI=1S/C14H22N4O3.2ClH/c15-13-4-5-16-8-12(13)14(17-20)21-10-11(19)9-18-6-2-1-3-7-18;;/h4-5,8,11,19-20H,1-3,6-7,9-10H2,(H2,15,16);2*1H. The molecule has 0 amide bonds. The summed E-state index contributed by atoms with van der Waals surface area (Å²) in [5.41, 5.74) is 6.58. The number of aliphatic hydroxyl groups excluding tert-OH is 1. The molecule has 0 aliphatic carbocycles. The van der Waals surface area contributed by atoms with Crippen LogP contribution < -0.4 is 5.73 Å². The zero-order chi connectivity index (χ0) is 15.1. The van der Waals surface area contributed by atoms with Crippen molar-refractivity contribution in [3.63, 3.8) is 0 Å². The van der Waals surface area contributed by atoms with Crippen molar-refractivity contribution in [3.8, 4) is 0 Å². The molecule has 1 aliphatic heterocycles. The Morgan fingerprint density at radius 1 is 1.35 bits per heavy atom. The fourth-order valence-corrected chi connectivity index (χ4v) is 2.41. The lowest BCUT2D eigenvalue weighted by molar-refractivity contribution is 0.0565. The normalized spacial score (nSPS) is 16.8. The van der Waals surface area contributed by atoms with E-state index in [1.54, 1.807) is 12.3 Å². The molecule has 1 fully saturated rings. The largest absolute Gasteiger partial charge is 0.472 e. The molecule has 2 rings (SSSR count). The second-order valence-electron chi connectivity index (χ2n) is 5.19. The van der Waals surface area contributed by atoms with E-state index in [1.807, 2.05) is 0 Å². The molecule has 23 heavy (non-hydrogen) atoms. The number of pyridine rings is 1. The molecular formula is C14H24Cl2N4O3. The second kappa shape index (κ2) is 11.3. The van der Waals surface area contributed by atoms with Gasteiger partial charge in [0.25, 0.3) is 5.90 Å². The summed E-state index contributed by atoms with van der Waals surface area (Å²) in [6.45, 7) is 2.62. The van der Waals surface area contributed by atoms with Crippen molar-refractivity contribution in [3.05, 3.63) is 24.0 Å². The molecule has 1 atom stereocenters. The number of halogens is 2. The van der Waals surface area contributed by atoms with Crippen molar-refractivity contribution in [2.45, 2.75) is 25.4 Å². The van der Waals surface area contributed by atoms with Gasteiger partial charge in [-0.05, 0) is 37.2 Å². The maximum atomic E-state index is 10.0. The number of nitrogens with zero attached hydrogens (tertiary/aromatic N) is 3. The number of hydrogen-bond donors (Lipinski definition) is 3. The Morgan fingerprint density at radius 3 is 2.65 bits per heavy atom. The van der Waals surface area contributed by atoms with Gasteiger partial charge in [-0.2, -0.15) is 0 Å². The van der Waals surface area contributed by atoms with Crippen molar-refractivity contribution in [1.29, 1.82) is 0 Å². The summed E-state index contributed by atoms with van der Waals surface area (Å²) in [5, 5.41) is 22.1. The summed E-state index contributed by atoms with van der Waals surface area (Å²) in [6, 6.07) is 1.59. The molecule has 2 heterocycles. The lowest BCUT2D eigenvalue weighted by Gasteiger charge is -2.28. The average molecular weight is 367 g/mol. The summed E-state index contributed by atoms with van der Waals surface area (Å²) in [7, 11) is 0. The Bertz CT molecular complexity index is 485. The van der Waals surface area contributed by atoms with Crippen molar-refractivity contribution in [1.82, 2.24) is 9.88 Å². The molecule has 0 bridgehead atoms. The number of β-amino-alcohol motifs (C(OH)–C–C–N with tert-alkyl or cyclic N) is 1. The van der Waals surface area contributed by atoms with Gasteiger partial charge in [-0.3, -0.25) is 4.98 Å². The number of nitrogens with two attached hydrogens (primary N) is 1. The first-order valence-electron chi connectivity index (χ1n) is 7.16. The van der Waals surface area contributed by atoms with Crippen LogP contribution >= 0.6 is 24.8 Å². The van der Waals surface area contributed by atoms with Crippen LogP contribution in [0.5, 0.6) is 0 Å². The number of piperidine rings is 1. The van der Waals surface area contributed by atoms with E-state index in [0.29, 0.717) is 17.8 Å². The Hall–Kier alpha value is -1.28. The molecule has 1 aromatic rings. The highest BCUT2D eigenvalue weighted by molar-refractivity contribution is 5.98. The van der Waals surface area contributed by atoms with Crippen molar-refractivity contribution >= 4 is 36.4 Å². The summed E-state index contributed by atoms with van der Waals surface area (Å²) >= 11 is 0. The summed E-state index contributed by atoms with van der Waals surface area (Å²) in [6.07, 6.45) is 5.95. The Kier molecular flexibility index (Phi) is 10.7. The van der Waals surface area contributed by atoms with E-state index in [2.05, 4.69) is 15.0 Å². The van der Waals surface area contributed by atoms with Crippen LogP contribution in [-0.4, -0.2) is 58.4 Å². The number of rotatable bonds is 5. The van der Waals surface area contributed by atoms with Crippen LogP contribution in [0.15, 0.2) is 23.6 Å². The van der Waals surface area contributed by atoms with Crippen molar-refractivity contribution in [2.75, 3.05) is 32.0 Å². The quantitative estimate of drug-likeness (QED) is 0.315. The molecule has 1 unspecified atom stereocenters. The highest BCUT2D eigenvalue weighted by Crippen LogP contribution is 2.12. The van der Waals surface area contributed by atoms with Gasteiger partial charge in [0.2, 0.25) is 0 Å². The molecule has 0 spiro atoms. The minimum absolute atomic E-state index is 0. The van der Waals surface area contributed by atoms with E-state index < -0.39 is 6.10 Å². The van der Waals surface area contributed by atoms with Gasteiger partial charge in [0.05, 0.1) is 5.56 Å². The number of oxime groups is 1. The van der Waals surface area contributed by atoms with Gasteiger partial charge in [0.15, 0.2) is 0 Å². The predicted octanol–water partition coefficient (Wildman–Crippen LogP) is 1.51. The first-order chi connectivity index (χ1) is 10.2. The lowest BCUT2D eigenvalue weighted by atomic mass is 10.1. The fraction of sp³-hybridized carbons (Fsp3) is 0.571. The van der Waals surface area contributed by atoms with Gasteiger partial charge in [-0.15, -0.1) is 24.8 Å². The second-order valence-corrected chi connectivity index (χ2v) is 5.19. The molecule has 9 heteroatoms. The van der Waals surface area contributed by atoms with Gasteiger partial charge >= 0.3 is 0 Å². The Morgan fingerprint density at radius 2 is 2.04 bits per heavy atom. The maximum absolute atomic E-state index is 10.0. The minimum Gasteiger partial charge on any atom is -0.472 e. The average Bonchev–Trinajstić information content (AvgIpc) is 2.50. The maximum Gasteiger partial charge on any atom is 0.261 e. The van der Waals surface area contributed by atoms with Crippen LogP contribution in [0, 0.1) is 0 Å². The van der Waals surface area contributed by atoms with Crippen LogP contribution in [0.1, 0.15) is 24.8 Å². The SMILES string of the molecule is Cl.Cl.Nc1ccncc1C(=NO)OCC(O)CN1CCCCC1. The van der Waals surface area contributed by atoms with Crippen LogP contribution in [0.4, 0.5) is 5.69 Å². The number of anilines is 1. The van der Waals surface area contributed by atoms with E-state index in [-0.39, 0.29) is 37.3 Å². The molecule has 1 saturated heterocycles. The molecule has 0 aromatic carbocycles. The highest BCUT2D eigenvalue weighted by atomic mass is 35.5. The Balaban J connectivity index is 0.00000242. The van der Waals surface area contributed by atoms with Crippen molar-refractivity contribution < 1.29 is 15.1 Å². The van der Waals surface area contributed by atoms with E-state index in [4.69, 9.17) is 15.7 Å². The molecule has 1 aromatic heterocycles. The van der Waals surface area contributed by atoms with Gasteiger partial charge in [-0.25, -0.2) is 0 Å². The topological polar surface area (TPSA) is 104 Å². The van der Waals surface area contributed by atoms with E-state index in [9.17, 15) is 5.11 Å². The number of aliphatic hydroxyl groups is 1. The summed E-state index contributed by atoms with van der Waals surface area (Å²) in [5.74, 6) is -0.0294. The van der Waals surface area contributed by atoms with Crippen LogP contribution in [0.2, 0.25) is 0 Å².